The minimum absolute atomic E-state index is 0.174. The number of carbonyl (C=O) groups is 2. The highest BCUT2D eigenvalue weighted by Crippen LogP contribution is 2.13. The minimum Gasteiger partial charge on any atom is -0.480 e. The van der Waals surface area contributed by atoms with Gasteiger partial charge >= 0.3 is 5.97 Å². The third kappa shape index (κ3) is 2.99. The third-order valence-electron chi connectivity index (χ3n) is 2.32. The molecule has 82 valence electrons. The van der Waals surface area contributed by atoms with E-state index >= 15 is 0 Å². The van der Waals surface area contributed by atoms with Gasteiger partial charge in [-0.25, -0.2) is 4.79 Å². The normalized spacial score (nSPS) is 11.1. The second kappa shape index (κ2) is 4.95. The van der Waals surface area contributed by atoms with Crippen LogP contribution >= 0.6 is 0 Å². The minimum atomic E-state index is -1.15. The first-order chi connectivity index (χ1) is 6.34. The van der Waals surface area contributed by atoms with Crippen LogP contribution in [0.3, 0.4) is 0 Å². The molecule has 0 saturated carbocycles. The molecule has 0 aliphatic heterocycles. The van der Waals surface area contributed by atoms with E-state index in [0.29, 0.717) is 13.0 Å². The van der Waals surface area contributed by atoms with Gasteiger partial charge in [-0.05, 0) is 20.9 Å². The number of nitrogens with one attached hydrogen (secondary N) is 1. The number of hydrogen-bond acceptors (Lipinski definition) is 3. The van der Waals surface area contributed by atoms with E-state index in [1.807, 2.05) is 0 Å². The lowest BCUT2D eigenvalue weighted by molar-refractivity contribution is -0.155. The number of likely N-dealkylation sites (N-methyl/N-ethyl adjacent to an activating group) is 1. The van der Waals surface area contributed by atoms with E-state index in [0.717, 1.165) is 0 Å². The van der Waals surface area contributed by atoms with Crippen molar-refractivity contribution in [1.29, 1.82) is 0 Å². The third-order valence-corrected chi connectivity index (χ3v) is 2.32. The van der Waals surface area contributed by atoms with Crippen molar-refractivity contribution in [3.05, 3.63) is 0 Å². The van der Waals surface area contributed by atoms with Crippen molar-refractivity contribution in [2.75, 3.05) is 20.6 Å². The summed E-state index contributed by atoms with van der Waals surface area (Å²) in [5.41, 5.74) is -1.15. The molecule has 0 rings (SSSR count). The first-order valence-electron chi connectivity index (χ1n) is 4.48. The van der Waals surface area contributed by atoms with E-state index in [-0.39, 0.29) is 5.91 Å². The van der Waals surface area contributed by atoms with Crippen molar-refractivity contribution in [2.24, 2.45) is 0 Å². The maximum atomic E-state index is 11.5. The van der Waals surface area contributed by atoms with E-state index < -0.39 is 11.5 Å². The molecule has 0 aliphatic rings. The van der Waals surface area contributed by atoms with Crippen molar-refractivity contribution >= 4 is 11.9 Å². The quantitative estimate of drug-likeness (QED) is 0.654. The summed E-state index contributed by atoms with van der Waals surface area (Å²) >= 11 is 0. The van der Waals surface area contributed by atoms with Crippen LogP contribution in [0.1, 0.15) is 20.3 Å². The van der Waals surface area contributed by atoms with Gasteiger partial charge in [0.25, 0.3) is 0 Å². The summed E-state index contributed by atoms with van der Waals surface area (Å²) in [6, 6.07) is 0. The van der Waals surface area contributed by atoms with E-state index in [1.165, 1.54) is 25.8 Å². The first-order valence-corrected chi connectivity index (χ1v) is 4.48. The summed E-state index contributed by atoms with van der Waals surface area (Å²) < 4.78 is 0. The number of carboxylic acid groups (broad SMARTS) is 1. The number of hydrogen-bond donors (Lipinski definition) is 2. The molecule has 0 spiro atoms. The van der Waals surface area contributed by atoms with Gasteiger partial charge in [0.15, 0.2) is 0 Å². The van der Waals surface area contributed by atoms with Crippen LogP contribution in [0.25, 0.3) is 0 Å². The molecule has 2 N–H and O–H groups in total. The summed E-state index contributed by atoms with van der Waals surface area (Å²) in [5, 5.41) is 11.7. The number of carboxylic acids is 1. The molecule has 0 aromatic carbocycles. The number of carbonyl (C=O) groups excluding carboxylic acids is 1. The predicted molar refractivity (Wildman–Crippen MR) is 53.0 cm³/mol. The zero-order chi connectivity index (χ0) is 11.4. The van der Waals surface area contributed by atoms with Gasteiger partial charge in [-0.15, -0.1) is 0 Å². The molecule has 1 amide bonds. The van der Waals surface area contributed by atoms with Crippen molar-refractivity contribution < 1.29 is 14.7 Å². The maximum absolute atomic E-state index is 11.5. The van der Waals surface area contributed by atoms with Gasteiger partial charge in [0.2, 0.25) is 5.91 Å². The molecule has 5 nitrogen and oxygen atoms in total. The lowest BCUT2D eigenvalue weighted by Crippen LogP contribution is -2.51. The van der Waals surface area contributed by atoms with Crippen molar-refractivity contribution in [2.45, 2.75) is 25.8 Å². The highest BCUT2D eigenvalue weighted by atomic mass is 16.4. The Bertz CT molecular complexity index is 226. The molecule has 0 aromatic heterocycles. The summed E-state index contributed by atoms with van der Waals surface area (Å²) in [7, 11) is 3.25. The van der Waals surface area contributed by atoms with Gasteiger partial charge in [-0.3, -0.25) is 4.79 Å². The van der Waals surface area contributed by atoms with Crippen LogP contribution in [0, 0.1) is 0 Å². The van der Waals surface area contributed by atoms with Crippen LogP contribution < -0.4 is 5.32 Å². The Morgan fingerprint density at radius 3 is 2.29 bits per heavy atom. The molecule has 5 heteroatoms. The fourth-order valence-electron chi connectivity index (χ4n) is 0.855. The molecule has 0 atom stereocenters. The summed E-state index contributed by atoms with van der Waals surface area (Å²) in [5.74, 6) is -1.18. The topological polar surface area (TPSA) is 69.6 Å². The smallest absolute Gasteiger partial charge is 0.329 e. The van der Waals surface area contributed by atoms with Gasteiger partial charge in [0, 0.05) is 20.0 Å². The first kappa shape index (κ1) is 12.9. The summed E-state index contributed by atoms with van der Waals surface area (Å²) in [4.78, 5) is 23.6. The number of aliphatic carboxylic acids is 1. The summed E-state index contributed by atoms with van der Waals surface area (Å²) in [6.45, 7) is 3.57. The van der Waals surface area contributed by atoms with Gasteiger partial charge in [0.1, 0.15) is 5.54 Å². The second-order valence-electron chi connectivity index (χ2n) is 3.67. The lowest BCUT2D eigenvalue weighted by atomic mass is 10.0. The van der Waals surface area contributed by atoms with Crippen LogP contribution in [-0.4, -0.2) is 48.1 Å². The summed E-state index contributed by atoms with van der Waals surface area (Å²) in [6.07, 6.45) is 0.309. The Kier molecular flexibility index (Phi) is 4.56. The van der Waals surface area contributed by atoms with Crippen LogP contribution in [0.15, 0.2) is 0 Å². The Balaban J connectivity index is 4.37. The van der Waals surface area contributed by atoms with Crippen molar-refractivity contribution in [1.82, 2.24) is 10.2 Å². The lowest BCUT2D eigenvalue weighted by Gasteiger charge is -2.31. The molecule has 0 radical (unpaired) electrons. The van der Waals surface area contributed by atoms with Gasteiger partial charge in [-0.2, -0.15) is 0 Å². The fourth-order valence-corrected chi connectivity index (χ4v) is 0.855. The fraction of sp³-hybridized carbons (Fsp3) is 0.778. The largest absolute Gasteiger partial charge is 0.480 e. The van der Waals surface area contributed by atoms with Gasteiger partial charge < -0.3 is 15.3 Å². The van der Waals surface area contributed by atoms with Gasteiger partial charge in [0.05, 0.1) is 0 Å². The SMILES string of the molecule is CNCCC(=O)N(C)C(C)(C)C(=O)O. The van der Waals surface area contributed by atoms with Crippen LogP contribution in [0.5, 0.6) is 0 Å². The Morgan fingerprint density at radius 1 is 1.43 bits per heavy atom. The highest BCUT2D eigenvalue weighted by Gasteiger charge is 2.34. The zero-order valence-electron chi connectivity index (χ0n) is 9.13. The predicted octanol–water partition coefficient (Wildman–Crippen LogP) is -0.0825. The molecule has 0 fully saturated rings. The average Bonchev–Trinajstić information content (AvgIpc) is 2.12. The molecular formula is C9H18N2O3. The van der Waals surface area contributed by atoms with Crippen LogP contribution in [0.4, 0.5) is 0 Å². The number of rotatable bonds is 5. The number of nitrogens with zero attached hydrogens (tertiary/aromatic N) is 1. The molecular weight excluding hydrogens is 184 g/mol. The second-order valence-corrected chi connectivity index (χ2v) is 3.67. The Labute approximate surface area is 84.1 Å². The molecule has 0 saturated heterocycles. The molecule has 0 bridgehead atoms. The van der Waals surface area contributed by atoms with E-state index in [4.69, 9.17) is 5.11 Å². The standard InChI is InChI=1S/C9H18N2O3/c1-9(2,8(13)14)11(4)7(12)5-6-10-3/h10H,5-6H2,1-4H3,(H,13,14). The Hall–Kier alpha value is -1.10. The molecule has 0 unspecified atom stereocenters. The molecule has 0 aliphatic carbocycles. The molecule has 0 heterocycles. The highest BCUT2D eigenvalue weighted by molar-refractivity contribution is 5.86. The van der Waals surface area contributed by atoms with E-state index in [1.54, 1.807) is 7.05 Å². The van der Waals surface area contributed by atoms with Crippen molar-refractivity contribution in [3.8, 4) is 0 Å². The molecule has 0 aromatic rings. The molecule has 14 heavy (non-hydrogen) atoms. The zero-order valence-corrected chi connectivity index (χ0v) is 9.13. The van der Waals surface area contributed by atoms with Crippen LogP contribution in [0.2, 0.25) is 0 Å². The van der Waals surface area contributed by atoms with E-state index in [2.05, 4.69) is 5.32 Å². The van der Waals surface area contributed by atoms with E-state index in [9.17, 15) is 9.59 Å². The monoisotopic (exact) mass is 202 g/mol. The average molecular weight is 202 g/mol. The number of amides is 1. The van der Waals surface area contributed by atoms with Crippen molar-refractivity contribution in [3.63, 3.8) is 0 Å². The maximum Gasteiger partial charge on any atom is 0.329 e. The Morgan fingerprint density at radius 2 is 1.93 bits per heavy atom. The van der Waals surface area contributed by atoms with Crippen LogP contribution in [-0.2, 0) is 9.59 Å². The van der Waals surface area contributed by atoms with Gasteiger partial charge in [-0.1, -0.05) is 0 Å².